The van der Waals surface area contributed by atoms with Crippen LogP contribution in [0.1, 0.15) is 38.8 Å². The van der Waals surface area contributed by atoms with Gasteiger partial charge in [0.05, 0.1) is 16.0 Å². The first-order valence-corrected chi connectivity index (χ1v) is 7.89. The second-order valence-corrected chi connectivity index (χ2v) is 7.90. The van der Waals surface area contributed by atoms with Crippen molar-refractivity contribution in [2.24, 2.45) is 0 Å². The van der Waals surface area contributed by atoms with Gasteiger partial charge in [-0.1, -0.05) is 0 Å². The summed E-state index contributed by atoms with van der Waals surface area (Å²) in [5.41, 5.74) is 5.37. The monoisotopic (exact) mass is 300 g/mol. The molecule has 0 aliphatic rings. The molecule has 0 saturated heterocycles. The van der Waals surface area contributed by atoms with Crippen LogP contribution in [-0.2, 0) is 10.0 Å². The van der Waals surface area contributed by atoms with Crippen LogP contribution < -0.4 is 10.5 Å². The van der Waals surface area contributed by atoms with Gasteiger partial charge in [-0.2, -0.15) is 0 Å². The molecule has 5 nitrogen and oxygen atoms in total. The third-order valence-electron chi connectivity index (χ3n) is 3.85. The first-order valence-electron chi connectivity index (χ1n) is 6.41. The number of sulfonamides is 1. The van der Waals surface area contributed by atoms with Crippen LogP contribution in [0.5, 0.6) is 0 Å². The number of aryl methyl sites for hydroxylation is 1. The molecule has 1 rings (SSSR count). The molecule has 0 spiro atoms. The highest BCUT2D eigenvalue weighted by Gasteiger charge is 2.39. The molecule has 0 amide bonds. The zero-order chi connectivity index (χ0) is 15.9. The number of anilines is 1. The van der Waals surface area contributed by atoms with Crippen LogP contribution in [0, 0.1) is 13.8 Å². The maximum absolute atomic E-state index is 12.5. The molecule has 20 heavy (non-hydrogen) atoms. The van der Waals surface area contributed by atoms with Gasteiger partial charge in [-0.3, -0.25) is 0 Å². The molecule has 0 radical (unpaired) electrons. The SMILES string of the molecule is Cc1cc(N)cc(S(=O)(=O)NC(C)(C)C(C)(C)O)c1C. The van der Waals surface area contributed by atoms with E-state index < -0.39 is 21.2 Å². The molecule has 0 bridgehead atoms. The summed E-state index contributed by atoms with van der Waals surface area (Å²) in [6.07, 6.45) is 0. The van der Waals surface area contributed by atoms with Crippen LogP contribution >= 0.6 is 0 Å². The van der Waals surface area contributed by atoms with E-state index in [1.54, 1.807) is 40.7 Å². The largest absolute Gasteiger partial charge is 0.399 e. The molecule has 0 aliphatic carbocycles. The number of aliphatic hydroxyl groups is 1. The van der Waals surface area contributed by atoms with E-state index in [0.717, 1.165) is 5.56 Å². The highest BCUT2D eigenvalue weighted by molar-refractivity contribution is 7.89. The Morgan fingerprint density at radius 3 is 2.10 bits per heavy atom. The molecule has 1 aromatic carbocycles. The molecule has 0 fully saturated rings. The summed E-state index contributed by atoms with van der Waals surface area (Å²) in [7, 11) is -3.77. The van der Waals surface area contributed by atoms with Gasteiger partial charge in [-0.05, 0) is 64.8 Å². The Morgan fingerprint density at radius 2 is 1.65 bits per heavy atom. The lowest BCUT2D eigenvalue weighted by Gasteiger charge is -2.37. The molecule has 6 heteroatoms. The predicted molar refractivity (Wildman–Crippen MR) is 81.0 cm³/mol. The lowest BCUT2D eigenvalue weighted by atomic mass is 9.87. The van der Waals surface area contributed by atoms with E-state index in [1.807, 2.05) is 6.92 Å². The number of benzene rings is 1. The zero-order valence-electron chi connectivity index (χ0n) is 12.9. The second kappa shape index (κ2) is 5.02. The van der Waals surface area contributed by atoms with Crippen molar-refractivity contribution in [2.45, 2.75) is 57.6 Å². The first-order chi connectivity index (χ1) is 8.78. The molecule has 4 N–H and O–H groups in total. The van der Waals surface area contributed by atoms with E-state index in [9.17, 15) is 13.5 Å². The maximum atomic E-state index is 12.5. The summed E-state index contributed by atoms with van der Waals surface area (Å²) in [5.74, 6) is 0. The van der Waals surface area contributed by atoms with E-state index in [4.69, 9.17) is 5.73 Å². The van der Waals surface area contributed by atoms with E-state index >= 15 is 0 Å². The van der Waals surface area contributed by atoms with E-state index in [-0.39, 0.29) is 4.90 Å². The highest BCUT2D eigenvalue weighted by Crippen LogP contribution is 2.27. The molecule has 114 valence electrons. The van der Waals surface area contributed by atoms with Crippen molar-refractivity contribution in [3.05, 3.63) is 23.3 Å². The van der Waals surface area contributed by atoms with Crippen molar-refractivity contribution in [3.63, 3.8) is 0 Å². The van der Waals surface area contributed by atoms with Crippen LogP contribution in [0.15, 0.2) is 17.0 Å². The number of rotatable bonds is 4. The van der Waals surface area contributed by atoms with Crippen LogP contribution in [0.4, 0.5) is 5.69 Å². The fourth-order valence-corrected chi connectivity index (χ4v) is 3.54. The molecule has 0 aliphatic heterocycles. The fraction of sp³-hybridized carbons (Fsp3) is 0.571. The third-order valence-corrected chi connectivity index (χ3v) is 5.63. The number of hydrogen-bond donors (Lipinski definition) is 3. The van der Waals surface area contributed by atoms with Crippen molar-refractivity contribution in [1.82, 2.24) is 4.72 Å². The average Bonchev–Trinajstić information content (AvgIpc) is 2.19. The van der Waals surface area contributed by atoms with Gasteiger partial charge >= 0.3 is 0 Å². The lowest BCUT2D eigenvalue weighted by Crippen LogP contribution is -2.57. The molecule has 0 atom stereocenters. The Hall–Kier alpha value is -1.11. The summed E-state index contributed by atoms with van der Waals surface area (Å²) >= 11 is 0. The van der Waals surface area contributed by atoms with Crippen LogP contribution in [0.2, 0.25) is 0 Å². The van der Waals surface area contributed by atoms with Gasteiger partial charge in [0.2, 0.25) is 10.0 Å². The van der Waals surface area contributed by atoms with Gasteiger partial charge in [-0.25, -0.2) is 13.1 Å². The Labute approximate surface area is 121 Å². The quantitative estimate of drug-likeness (QED) is 0.738. The molecule has 0 heterocycles. The Kier molecular flexibility index (Phi) is 4.25. The number of nitrogens with one attached hydrogen (secondary N) is 1. The van der Waals surface area contributed by atoms with Gasteiger partial charge in [0.1, 0.15) is 0 Å². The van der Waals surface area contributed by atoms with E-state index in [1.165, 1.54) is 6.07 Å². The Morgan fingerprint density at radius 1 is 1.15 bits per heavy atom. The van der Waals surface area contributed by atoms with E-state index in [0.29, 0.717) is 11.3 Å². The summed E-state index contributed by atoms with van der Waals surface area (Å²) in [4.78, 5) is 0.146. The standard InChI is InChI=1S/C14H24N2O3S/c1-9-7-11(15)8-12(10(9)2)20(18,19)16-13(3,4)14(5,6)17/h7-8,16-17H,15H2,1-6H3. The normalized spacial score (nSPS) is 13.6. The van der Waals surface area contributed by atoms with Gasteiger partial charge in [0.25, 0.3) is 0 Å². The molecular weight excluding hydrogens is 276 g/mol. The molecule has 1 aromatic rings. The van der Waals surface area contributed by atoms with Crippen molar-refractivity contribution >= 4 is 15.7 Å². The number of hydrogen-bond acceptors (Lipinski definition) is 4. The summed E-state index contributed by atoms with van der Waals surface area (Å²) in [6, 6.07) is 3.17. The van der Waals surface area contributed by atoms with Gasteiger partial charge < -0.3 is 10.8 Å². The summed E-state index contributed by atoms with van der Waals surface area (Å²) in [6.45, 7) is 9.95. The Balaban J connectivity index is 3.33. The van der Waals surface area contributed by atoms with Crippen molar-refractivity contribution in [3.8, 4) is 0 Å². The van der Waals surface area contributed by atoms with Gasteiger partial charge in [0, 0.05) is 5.69 Å². The number of nitrogens with two attached hydrogens (primary N) is 1. The smallest absolute Gasteiger partial charge is 0.241 e. The van der Waals surface area contributed by atoms with Crippen molar-refractivity contribution in [1.29, 1.82) is 0 Å². The minimum atomic E-state index is -3.77. The second-order valence-electron chi connectivity index (χ2n) is 6.25. The van der Waals surface area contributed by atoms with Gasteiger partial charge in [-0.15, -0.1) is 0 Å². The topological polar surface area (TPSA) is 92.4 Å². The average molecular weight is 300 g/mol. The molecule has 0 aromatic heterocycles. The van der Waals surface area contributed by atoms with Gasteiger partial charge in [0.15, 0.2) is 0 Å². The fourth-order valence-electron chi connectivity index (χ4n) is 1.65. The minimum absolute atomic E-state index is 0.146. The van der Waals surface area contributed by atoms with Crippen LogP contribution in [0.3, 0.4) is 0 Å². The summed E-state index contributed by atoms with van der Waals surface area (Å²) in [5, 5.41) is 10.1. The molecule has 0 saturated carbocycles. The van der Waals surface area contributed by atoms with Crippen LogP contribution in [0.25, 0.3) is 0 Å². The number of nitrogen functional groups attached to an aromatic ring is 1. The van der Waals surface area contributed by atoms with Crippen LogP contribution in [-0.4, -0.2) is 24.7 Å². The third kappa shape index (κ3) is 3.31. The maximum Gasteiger partial charge on any atom is 0.241 e. The Bertz CT molecular complexity index is 614. The zero-order valence-corrected chi connectivity index (χ0v) is 13.7. The lowest BCUT2D eigenvalue weighted by molar-refractivity contribution is 0.00638. The predicted octanol–water partition coefficient (Wildman–Crippen LogP) is 1.71. The first kappa shape index (κ1) is 16.9. The highest BCUT2D eigenvalue weighted by atomic mass is 32.2. The molecular formula is C14H24N2O3S. The van der Waals surface area contributed by atoms with E-state index in [2.05, 4.69) is 4.72 Å². The van der Waals surface area contributed by atoms with Crippen molar-refractivity contribution < 1.29 is 13.5 Å². The summed E-state index contributed by atoms with van der Waals surface area (Å²) < 4.78 is 27.6. The van der Waals surface area contributed by atoms with Crippen molar-refractivity contribution in [2.75, 3.05) is 5.73 Å². The molecule has 0 unspecified atom stereocenters. The minimum Gasteiger partial charge on any atom is -0.399 e.